The van der Waals surface area contributed by atoms with Crippen LogP contribution in [0.2, 0.25) is 0 Å². The van der Waals surface area contributed by atoms with Crippen molar-refractivity contribution in [2.75, 3.05) is 0 Å². The third kappa shape index (κ3) is 3.46. The van der Waals surface area contributed by atoms with E-state index in [1.807, 2.05) is 12.1 Å². The number of aromatic amines is 1. The molecule has 3 heteroatoms. The second kappa shape index (κ2) is 5.13. The van der Waals surface area contributed by atoms with Crippen molar-refractivity contribution < 1.29 is 0 Å². The minimum Gasteiger partial charge on any atom is -0.341 e. The predicted octanol–water partition coefficient (Wildman–Crippen LogP) is 4.26. The molecule has 3 nitrogen and oxygen atoms in total. The van der Waals surface area contributed by atoms with Gasteiger partial charge in [-0.15, -0.1) is 0 Å². The van der Waals surface area contributed by atoms with Gasteiger partial charge in [0.2, 0.25) is 0 Å². The van der Waals surface area contributed by atoms with E-state index in [-0.39, 0.29) is 0 Å². The maximum atomic E-state index is 4.65. The van der Waals surface area contributed by atoms with Gasteiger partial charge >= 0.3 is 0 Å². The molecule has 114 valence electrons. The van der Waals surface area contributed by atoms with E-state index in [4.69, 9.17) is 0 Å². The fraction of sp³-hybridized carbons (Fsp3) is 0.611. The van der Waals surface area contributed by atoms with Crippen LogP contribution in [0.15, 0.2) is 24.3 Å². The Morgan fingerprint density at radius 2 is 1.81 bits per heavy atom. The van der Waals surface area contributed by atoms with Gasteiger partial charge in [0.15, 0.2) is 0 Å². The lowest BCUT2D eigenvalue weighted by molar-refractivity contribution is 0.0842. The van der Waals surface area contributed by atoms with Crippen LogP contribution in [0.25, 0.3) is 11.0 Å². The van der Waals surface area contributed by atoms with Crippen molar-refractivity contribution in [1.29, 1.82) is 0 Å². The molecule has 0 amide bonds. The van der Waals surface area contributed by atoms with Crippen molar-refractivity contribution in [3.05, 3.63) is 30.1 Å². The van der Waals surface area contributed by atoms with Gasteiger partial charge in [-0.25, -0.2) is 4.98 Å². The Balaban J connectivity index is 1.66. The zero-order valence-corrected chi connectivity index (χ0v) is 13.7. The summed E-state index contributed by atoms with van der Waals surface area (Å²) in [6.07, 6.45) is 3.80. The summed E-state index contributed by atoms with van der Waals surface area (Å²) < 4.78 is 0. The number of fused-ring (bicyclic) bond motifs is 1. The lowest BCUT2D eigenvalue weighted by Crippen LogP contribution is -2.43. The molecule has 0 atom stereocenters. The molecule has 0 saturated heterocycles. The maximum Gasteiger partial charge on any atom is 0.121 e. The van der Waals surface area contributed by atoms with Crippen LogP contribution in [0.1, 0.15) is 52.8 Å². The van der Waals surface area contributed by atoms with E-state index in [0.29, 0.717) is 16.9 Å². The molecule has 1 aromatic heterocycles. The van der Waals surface area contributed by atoms with Crippen LogP contribution < -0.4 is 5.32 Å². The number of nitrogens with one attached hydrogen (secondary N) is 2. The third-order valence-electron chi connectivity index (χ3n) is 4.55. The minimum absolute atomic E-state index is 0.424. The smallest absolute Gasteiger partial charge is 0.121 e. The molecule has 1 aromatic carbocycles. The first-order valence-electron chi connectivity index (χ1n) is 8.00. The Bertz CT molecular complexity index is 575. The van der Waals surface area contributed by atoms with Crippen molar-refractivity contribution in [2.24, 2.45) is 10.8 Å². The molecule has 0 spiro atoms. The first-order chi connectivity index (χ1) is 9.83. The molecule has 1 fully saturated rings. The van der Waals surface area contributed by atoms with Crippen LogP contribution >= 0.6 is 0 Å². The van der Waals surface area contributed by atoms with Crippen molar-refractivity contribution in [1.82, 2.24) is 15.3 Å². The number of hydrogen-bond acceptors (Lipinski definition) is 2. The Morgan fingerprint density at radius 1 is 1.14 bits per heavy atom. The van der Waals surface area contributed by atoms with Crippen LogP contribution in [0, 0.1) is 10.8 Å². The first kappa shape index (κ1) is 14.6. The average molecular weight is 285 g/mol. The van der Waals surface area contributed by atoms with E-state index >= 15 is 0 Å². The molecular weight excluding hydrogens is 258 g/mol. The number of hydrogen-bond donors (Lipinski definition) is 2. The topological polar surface area (TPSA) is 40.7 Å². The highest BCUT2D eigenvalue weighted by atomic mass is 15.0. The number of imidazole rings is 1. The van der Waals surface area contributed by atoms with Crippen LogP contribution in [-0.4, -0.2) is 16.0 Å². The highest BCUT2D eigenvalue weighted by Gasteiger charge is 2.38. The fourth-order valence-electron chi connectivity index (χ4n) is 4.32. The number of nitrogens with zero attached hydrogens (tertiary/aromatic N) is 1. The zero-order valence-electron chi connectivity index (χ0n) is 13.7. The normalized spacial score (nSPS) is 21.7. The van der Waals surface area contributed by atoms with Crippen LogP contribution in [0.4, 0.5) is 0 Å². The molecule has 1 heterocycles. The molecule has 0 aliphatic heterocycles. The third-order valence-corrected chi connectivity index (χ3v) is 4.55. The van der Waals surface area contributed by atoms with Crippen molar-refractivity contribution in [3.63, 3.8) is 0 Å². The van der Waals surface area contributed by atoms with E-state index in [9.17, 15) is 0 Å². The SMILES string of the molecule is CC1(C)CC(NCc2nc3ccccc3[nH]2)CC(C)(C)C1. The molecule has 1 aliphatic rings. The van der Waals surface area contributed by atoms with Gasteiger partial charge in [0.1, 0.15) is 5.82 Å². The van der Waals surface area contributed by atoms with E-state index in [1.54, 1.807) is 0 Å². The number of H-pyrrole nitrogens is 1. The van der Waals surface area contributed by atoms with Gasteiger partial charge in [0, 0.05) is 6.04 Å². The molecule has 1 aliphatic carbocycles. The van der Waals surface area contributed by atoms with Gasteiger partial charge in [0.25, 0.3) is 0 Å². The van der Waals surface area contributed by atoms with Gasteiger partial charge in [-0.1, -0.05) is 39.8 Å². The number of benzene rings is 1. The lowest BCUT2D eigenvalue weighted by atomic mass is 9.63. The quantitative estimate of drug-likeness (QED) is 0.884. The van der Waals surface area contributed by atoms with Crippen molar-refractivity contribution >= 4 is 11.0 Å². The number of rotatable bonds is 3. The standard InChI is InChI=1S/C18H27N3/c1-17(2)9-13(10-18(3,4)12-17)19-11-16-20-14-7-5-6-8-15(14)21-16/h5-8,13,19H,9-12H2,1-4H3,(H,20,21). The molecule has 0 radical (unpaired) electrons. The van der Waals surface area contributed by atoms with Gasteiger partial charge < -0.3 is 10.3 Å². The number of aromatic nitrogens is 2. The van der Waals surface area contributed by atoms with Crippen molar-refractivity contribution in [3.8, 4) is 0 Å². The Morgan fingerprint density at radius 3 is 2.48 bits per heavy atom. The summed E-state index contributed by atoms with van der Waals surface area (Å²) in [7, 11) is 0. The molecule has 3 rings (SSSR count). The molecule has 2 N–H and O–H groups in total. The van der Waals surface area contributed by atoms with E-state index in [1.165, 1.54) is 19.3 Å². The molecule has 2 aromatic rings. The fourth-order valence-corrected chi connectivity index (χ4v) is 4.32. The van der Waals surface area contributed by atoms with Crippen molar-refractivity contribution in [2.45, 2.75) is 59.5 Å². The lowest BCUT2D eigenvalue weighted by Gasteiger charge is -2.45. The summed E-state index contributed by atoms with van der Waals surface area (Å²) in [4.78, 5) is 8.05. The Labute approximate surface area is 127 Å². The Hall–Kier alpha value is -1.35. The van der Waals surface area contributed by atoms with E-state index < -0.39 is 0 Å². The summed E-state index contributed by atoms with van der Waals surface area (Å²) in [5, 5.41) is 3.72. The Kier molecular flexibility index (Phi) is 3.56. The maximum absolute atomic E-state index is 4.65. The zero-order chi connectivity index (χ0) is 15.1. The molecule has 1 saturated carbocycles. The summed E-state index contributed by atoms with van der Waals surface area (Å²) in [6.45, 7) is 10.4. The monoisotopic (exact) mass is 285 g/mol. The summed E-state index contributed by atoms with van der Waals surface area (Å²) in [6, 6.07) is 8.80. The van der Waals surface area contributed by atoms with Gasteiger partial charge in [-0.05, 0) is 42.2 Å². The second-order valence-corrected chi connectivity index (χ2v) is 8.19. The van der Waals surface area contributed by atoms with Crippen LogP contribution in [0.3, 0.4) is 0 Å². The summed E-state index contributed by atoms with van der Waals surface area (Å²) >= 11 is 0. The molecule has 21 heavy (non-hydrogen) atoms. The van der Waals surface area contributed by atoms with E-state index in [2.05, 4.69) is 55.1 Å². The van der Waals surface area contributed by atoms with Gasteiger partial charge in [-0.2, -0.15) is 0 Å². The molecule has 0 bridgehead atoms. The largest absolute Gasteiger partial charge is 0.341 e. The van der Waals surface area contributed by atoms with Gasteiger partial charge in [-0.3, -0.25) is 0 Å². The van der Waals surface area contributed by atoms with Crippen LogP contribution in [0.5, 0.6) is 0 Å². The highest BCUT2D eigenvalue weighted by Crippen LogP contribution is 2.45. The molecular formula is C18H27N3. The average Bonchev–Trinajstić information content (AvgIpc) is 2.75. The minimum atomic E-state index is 0.424. The van der Waals surface area contributed by atoms with E-state index in [0.717, 1.165) is 23.4 Å². The summed E-state index contributed by atoms with van der Waals surface area (Å²) in [5.41, 5.74) is 3.03. The van der Waals surface area contributed by atoms with Gasteiger partial charge in [0.05, 0.1) is 17.6 Å². The molecule has 0 unspecified atom stereocenters. The number of para-hydroxylation sites is 2. The second-order valence-electron chi connectivity index (χ2n) is 8.19. The van der Waals surface area contributed by atoms with Crippen LogP contribution in [-0.2, 0) is 6.54 Å². The first-order valence-corrected chi connectivity index (χ1v) is 8.00. The summed E-state index contributed by atoms with van der Waals surface area (Å²) in [5.74, 6) is 1.04. The predicted molar refractivity (Wildman–Crippen MR) is 88.1 cm³/mol. The highest BCUT2D eigenvalue weighted by molar-refractivity contribution is 5.74.